The summed E-state index contributed by atoms with van der Waals surface area (Å²) in [4.78, 5) is 14.7. The largest absolute Gasteiger partial charge is 0.472 e. The lowest BCUT2D eigenvalue weighted by atomic mass is 10.1. The van der Waals surface area contributed by atoms with Crippen LogP contribution in [0.25, 0.3) is 0 Å². The molecule has 3 aromatic rings. The second-order valence-electron chi connectivity index (χ2n) is 6.06. The van der Waals surface area contributed by atoms with E-state index in [1.165, 1.54) is 24.3 Å². The van der Waals surface area contributed by atoms with Crippen molar-refractivity contribution in [1.29, 1.82) is 0 Å². The van der Waals surface area contributed by atoms with Gasteiger partial charge in [-0.25, -0.2) is 8.42 Å². The maximum Gasteiger partial charge on any atom is 0.261 e. The van der Waals surface area contributed by atoms with Gasteiger partial charge in [-0.15, -0.1) is 0 Å². The van der Waals surface area contributed by atoms with Crippen molar-refractivity contribution in [2.45, 2.75) is 18.4 Å². The van der Waals surface area contributed by atoms with Crippen LogP contribution in [0.3, 0.4) is 0 Å². The van der Waals surface area contributed by atoms with E-state index < -0.39 is 10.0 Å². The van der Waals surface area contributed by atoms with E-state index in [0.717, 1.165) is 5.56 Å². The van der Waals surface area contributed by atoms with Crippen LogP contribution in [0.1, 0.15) is 22.8 Å². The molecule has 0 unspecified atom stereocenters. The Morgan fingerprint density at radius 2 is 1.82 bits per heavy atom. The van der Waals surface area contributed by atoms with E-state index in [1.807, 2.05) is 6.92 Å². The Balaban J connectivity index is 1.88. The molecule has 8 heteroatoms. The molecule has 0 aliphatic carbocycles. The third kappa shape index (κ3) is 4.55. The summed E-state index contributed by atoms with van der Waals surface area (Å²) in [6.45, 7) is 2.69. The van der Waals surface area contributed by atoms with Crippen LogP contribution >= 0.6 is 11.6 Å². The van der Waals surface area contributed by atoms with Crippen molar-refractivity contribution in [3.8, 4) is 0 Å². The highest BCUT2D eigenvalue weighted by atomic mass is 35.5. The van der Waals surface area contributed by atoms with Crippen molar-refractivity contribution < 1.29 is 17.6 Å². The lowest BCUT2D eigenvalue weighted by Crippen LogP contribution is -2.31. The maximum absolute atomic E-state index is 13.0. The number of hydrogen-bond acceptors (Lipinski definition) is 4. The molecule has 1 amide bonds. The smallest absolute Gasteiger partial charge is 0.261 e. The minimum absolute atomic E-state index is 0.0601. The number of hydrogen-bond donors (Lipinski definition) is 1. The summed E-state index contributed by atoms with van der Waals surface area (Å²) < 4.78 is 32.9. The number of anilines is 1. The van der Waals surface area contributed by atoms with Gasteiger partial charge >= 0.3 is 0 Å². The van der Waals surface area contributed by atoms with E-state index in [4.69, 9.17) is 16.0 Å². The first-order valence-corrected chi connectivity index (χ1v) is 10.4. The van der Waals surface area contributed by atoms with Gasteiger partial charge in [-0.2, -0.15) is 0 Å². The number of nitrogens with one attached hydrogen (secondary N) is 1. The fourth-order valence-corrected chi connectivity index (χ4v) is 3.88. The van der Waals surface area contributed by atoms with E-state index in [9.17, 15) is 13.2 Å². The average molecular weight is 419 g/mol. The number of carbonyl (C=O) groups is 1. The summed E-state index contributed by atoms with van der Waals surface area (Å²) in [6.07, 6.45) is 3.12. The molecule has 1 heterocycles. The summed E-state index contributed by atoms with van der Waals surface area (Å²) >= 11 is 5.83. The van der Waals surface area contributed by atoms with E-state index >= 15 is 0 Å². The Kier molecular flexibility index (Phi) is 6.06. The Labute approximate surface area is 168 Å². The van der Waals surface area contributed by atoms with Crippen molar-refractivity contribution in [1.82, 2.24) is 4.90 Å². The number of para-hydroxylation sites is 1. The Morgan fingerprint density at radius 1 is 1.11 bits per heavy atom. The minimum Gasteiger partial charge on any atom is -0.472 e. The zero-order valence-electron chi connectivity index (χ0n) is 15.1. The predicted octanol–water partition coefficient (Wildman–Crippen LogP) is 4.40. The topological polar surface area (TPSA) is 79.6 Å². The third-order valence-corrected chi connectivity index (χ3v) is 5.78. The number of benzene rings is 2. The van der Waals surface area contributed by atoms with Gasteiger partial charge in [0.1, 0.15) is 0 Å². The van der Waals surface area contributed by atoms with Gasteiger partial charge in [0.15, 0.2) is 0 Å². The fraction of sp³-hybridized carbons (Fsp3) is 0.150. The monoisotopic (exact) mass is 418 g/mol. The maximum atomic E-state index is 13.0. The van der Waals surface area contributed by atoms with Gasteiger partial charge in [-0.05, 0) is 49.4 Å². The van der Waals surface area contributed by atoms with Crippen LogP contribution in [0.2, 0.25) is 5.02 Å². The Bertz CT molecular complexity index is 1050. The summed E-state index contributed by atoms with van der Waals surface area (Å²) in [5, 5.41) is 0.437. The summed E-state index contributed by atoms with van der Waals surface area (Å²) in [6, 6.07) is 14.1. The van der Waals surface area contributed by atoms with Gasteiger partial charge in [-0.3, -0.25) is 9.52 Å². The Hall–Kier alpha value is -2.77. The lowest BCUT2D eigenvalue weighted by Gasteiger charge is -2.22. The molecule has 28 heavy (non-hydrogen) atoms. The van der Waals surface area contributed by atoms with Crippen LogP contribution in [-0.4, -0.2) is 25.8 Å². The number of furan rings is 1. The molecule has 3 rings (SSSR count). The first-order chi connectivity index (χ1) is 13.4. The number of halogens is 1. The van der Waals surface area contributed by atoms with Crippen molar-refractivity contribution in [2.24, 2.45) is 0 Å². The van der Waals surface area contributed by atoms with Crippen molar-refractivity contribution in [3.05, 3.63) is 83.3 Å². The zero-order valence-corrected chi connectivity index (χ0v) is 16.7. The second kappa shape index (κ2) is 8.50. The van der Waals surface area contributed by atoms with Crippen LogP contribution in [0, 0.1) is 0 Å². The standard InChI is InChI=1S/C20H19ClN2O4S/c1-2-23(13-15-11-12-27-14-15)20(24)18-5-3-4-6-19(18)22-28(25,26)17-9-7-16(21)8-10-17/h3-12,14,22H,2,13H2,1H3. The molecule has 0 bridgehead atoms. The van der Waals surface area contributed by atoms with E-state index in [1.54, 1.807) is 47.8 Å². The molecule has 0 atom stereocenters. The average Bonchev–Trinajstić information content (AvgIpc) is 3.19. The summed E-state index contributed by atoms with van der Waals surface area (Å²) in [5.74, 6) is -0.280. The number of amides is 1. The normalized spacial score (nSPS) is 11.2. The number of nitrogens with zero attached hydrogens (tertiary/aromatic N) is 1. The van der Waals surface area contributed by atoms with Gasteiger partial charge in [-0.1, -0.05) is 23.7 Å². The molecule has 1 aromatic heterocycles. The molecule has 0 radical (unpaired) electrons. The molecule has 0 saturated heterocycles. The van der Waals surface area contributed by atoms with Gasteiger partial charge in [0.05, 0.1) is 28.7 Å². The van der Waals surface area contributed by atoms with Gasteiger partial charge < -0.3 is 9.32 Å². The van der Waals surface area contributed by atoms with Crippen LogP contribution in [0.15, 0.2) is 76.4 Å². The molecule has 1 N–H and O–H groups in total. The minimum atomic E-state index is -3.86. The van der Waals surface area contributed by atoms with E-state index in [-0.39, 0.29) is 22.1 Å². The predicted molar refractivity (Wildman–Crippen MR) is 108 cm³/mol. The second-order valence-corrected chi connectivity index (χ2v) is 8.17. The van der Waals surface area contributed by atoms with Gasteiger partial charge in [0.25, 0.3) is 15.9 Å². The van der Waals surface area contributed by atoms with Crippen LogP contribution < -0.4 is 4.72 Å². The van der Waals surface area contributed by atoms with E-state index in [0.29, 0.717) is 18.1 Å². The molecule has 6 nitrogen and oxygen atoms in total. The lowest BCUT2D eigenvalue weighted by molar-refractivity contribution is 0.0753. The molecule has 0 aliphatic heterocycles. The summed E-state index contributed by atoms with van der Waals surface area (Å²) in [7, 11) is -3.86. The first-order valence-electron chi connectivity index (χ1n) is 8.58. The molecule has 0 spiro atoms. The highest BCUT2D eigenvalue weighted by molar-refractivity contribution is 7.92. The van der Waals surface area contributed by atoms with Crippen molar-refractivity contribution >= 4 is 33.2 Å². The fourth-order valence-electron chi connectivity index (χ4n) is 2.68. The zero-order chi connectivity index (χ0) is 20.1. The van der Waals surface area contributed by atoms with Crippen LogP contribution in [-0.2, 0) is 16.6 Å². The van der Waals surface area contributed by atoms with E-state index in [2.05, 4.69) is 4.72 Å². The quantitative estimate of drug-likeness (QED) is 0.616. The Morgan fingerprint density at radius 3 is 2.46 bits per heavy atom. The van der Waals surface area contributed by atoms with Crippen molar-refractivity contribution in [3.63, 3.8) is 0 Å². The summed E-state index contributed by atoms with van der Waals surface area (Å²) in [5.41, 5.74) is 1.34. The molecular formula is C20H19ClN2O4S. The molecular weight excluding hydrogens is 400 g/mol. The first kappa shape index (κ1) is 20.0. The SMILES string of the molecule is CCN(Cc1ccoc1)C(=O)c1ccccc1NS(=O)(=O)c1ccc(Cl)cc1. The molecule has 0 fully saturated rings. The van der Waals surface area contributed by atoms with Gasteiger partial charge in [0, 0.05) is 23.7 Å². The third-order valence-electron chi connectivity index (χ3n) is 4.15. The number of rotatable bonds is 7. The molecule has 146 valence electrons. The van der Waals surface area contributed by atoms with Crippen LogP contribution in [0.5, 0.6) is 0 Å². The highest BCUT2D eigenvalue weighted by Gasteiger charge is 2.22. The molecule has 2 aromatic carbocycles. The van der Waals surface area contributed by atoms with Crippen LogP contribution in [0.4, 0.5) is 5.69 Å². The van der Waals surface area contributed by atoms with Crippen molar-refractivity contribution in [2.75, 3.05) is 11.3 Å². The van der Waals surface area contributed by atoms with Gasteiger partial charge in [0.2, 0.25) is 0 Å². The molecule has 0 aliphatic rings. The molecule has 0 saturated carbocycles. The number of carbonyl (C=O) groups excluding carboxylic acids is 1. The highest BCUT2D eigenvalue weighted by Crippen LogP contribution is 2.23. The number of sulfonamides is 1.